The molecular weight excluding hydrogens is 420 g/mol. The molecule has 1 amide bonds. The maximum atomic E-state index is 12.7. The summed E-state index contributed by atoms with van der Waals surface area (Å²) in [5.74, 6) is -0.0149. The molecule has 0 spiro atoms. The normalized spacial score (nSPS) is 18.8. The van der Waals surface area contributed by atoms with Crippen LogP contribution in [0.25, 0.3) is 0 Å². The Hall–Kier alpha value is -2.84. The smallest absolute Gasteiger partial charge is 0.292 e. The molecule has 2 saturated heterocycles. The lowest BCUT2D eigenvalue weighted by atomic mass is 10.1. The fourth-order valence-electron chi connectivity index (χ4n) is 3.99. The predicted molar refractivity (Wildman–Crippen MR) is 120 cm³/mol. The third-order valence-electron chi connectivity index (χ3n) is 5.74. The van der Waals surface area contributed by atoms with Gasteiger partial charge in [0.1, 0.15) is 5.69 Å². The molecule has 0 aliphatic carbocycles. The molecule has 8 nitrogen and oxygen atoms in total. The number of hydrogen-bond acceptors (Lipinski definition) is 6. The number of benzene rings is 2. The van der Waals surface area contributed by atoms with Crippen LogP contribution < -0.4 is 10.2 Å². The number of hydrogen-bond donors (Lipinski definition) is 1. The Morgan fingerprint density at radius 1 is 1.16 bits per heavy atom. The third-order valence-corrected chi connectivity index (χ3v) is 6.00. The van der Waals surface area contributed by atoms with Gasteiger partial charge in [-0.1, -0.05) is 11.6 Å². The summed E-state index contributed by atoms with van der Waals surface area (Å²) in [6.07, 6.45) is 2.07. The van der Waals surface area contributed by atoms with Crippen LogP contribution in [-0.4, -0.2) is 61.2 Å². The summed E-state index contributed by atoms with van der Waals surface area (Å²) in [5, 5.41) is 15.2. The van der Waals surface area contributed by atoms with E-state index in [0.29, 0.717) is 49.0 Å². The average molecular weight is 445 g/mol. The Morgan fingerprint density at radius 3 is 2.55 bits per heavy atom. The molecule has 2 aromatic carbocycles. The predicted octanol–water partition coefficient (Wildman–Crippen LogP) is 3.80. The fraction of sp³-hybridized carbons (Fsp3) is 0.409. The first kappa shape index (κ1) is 21.4. The molecule has 0 saturated carbocycles. The van der Waals surface area contributed by atoms with E-state index >= 15 is 0 Å². The average Bonchev–Trinajstić information content (AvgIpc) is 3.31. The zero-order valence-electron chi connectivity index (χ0n) is 17.1. The standard InChI is InChI=1S/C22H25ClN4O4/c23-17-5-3-16(4-6-17)22(28)26-11-9-25(10-12-26)18-7-8-21(27(29)30)20(14-18)24-15-19-2-1-13-31-19/h3-8,14,19,24H,1-2,9-13,15H2. The molecule has 9 heteroatoms. The molecule has 2 aliphatic rings. The molecule has 0 aromatic heterocycles. The van der Waals surface area contributed by atoms with Crippen LogP contribution in [0.5, 0.6) is 0 Å². The topological polar surface area (TPSA) is 88.0 Å². The van der Waals surface area contributed by atoms with E-state index in [2.05, 4.69) is 10.2 Å². The minimum Gasteiger partial charge on any atom is -0.377 e. The second-order valence-corrected chi connectivity index (χ2v) is 8.20. The quantitative estimate of drug-likeness (QED) is 0.538. The molecule has 31 heavy (non-hydrogen) atoms. The highest BCUT2D eigenvalue weighted by molar-refractivity contribution is 6.30. The summed E-state index contributed by atoms with van der Waals surface area (Å²) in [6.45, 7) is 3.76. The van der Waals surface area contributed by atoms with E-state index in [1.165, 1.54) is 0 Å². The van der Waals surface area contributed by atoms with Crippen molar-refractivity contribution in [3.8, 4) is 0 Å². The van der Waals surface area contributed by atoms with E-state index in [1.54, 1.807) is 36.4 Å². The minimum absolute atomic E-state index is 0.0149. The number of nitro groups is 1. The van der Waals surface area contributed by atoms with Crippen molar-refractivity contribution in [3.63, 3.8) is 0 Å². The zero-order chi connectivity index (χ0) is 21.8. The van der Waals surface area contributed by atoms with Gasteiger partial charge in [0.15, 0.2) is 0 Å². The van der Waals surface area contributed by atoms with Gasteiger partial charge in [0.25, 0.3) is 11.6 Å². The van der Waals surface area contributed by atoms with Crippen molar-refractivity contribution in [1.82, 2.24) is 4.90 Å². The van der Waals surface area contributed by atoms with Crippen LogP contribution in [0.2, 0.25) is 5.02 Å². The van der Waals surface area contributed by atoms with Gasteiger partial charge < -0.3 is 19.9 Å². The molecule has 0 bridgehead atoms. The van der Waals surface area contributed by atoms with Crippen LogP contribution in [0, 0.1) is 10.1 Å². The number of amides is 1. The highest BCUT2D eigenvalue weighted by atomic mass is 35.5. The Bertz CT molecular complexity index is 939. The maximum absolute atomic E-state index is 12.7. The van der Waals surface area contributed by atoms with Crippen LogP contribution in [0.4, 0.5) is 17.1 Å². The van der Waals surface area contributed by atoms with Crippen LogP contribution in [0.15, 0.2) is 42.5 Å². The number of nitrogens with zero attached hydrogens (tertiary/aromatic N) is 3. The summed E-state index contributed by atoms with van der Waals surface area (Å²) in [4.78, 5) is 27.7. The SMILES string of the molecule is O=C(c1ccc(Cl)cc1)N1CCN(c2ccc([N+](=O)[O-])c(NCC3CCCO3)c2)CC1. The summed E-state index contributed by atoms with van der Waals surface area (Å²) in [6, 6.07) is 12.0. The lowest BCUT2D eigenvalue weighted by Crippen LogP contribution is -2.48. The zero-order valence-corrected chi connectivity index (χ0v) is 17.9. The Kier molecular flexibility index (Phi) is 6.58. The number of ether oxygens (including phenoxy) is 1. The van der Waals surface area contributed by atoms with Crippen molar-refractivity contribution >= 4 is 34.6 Å². The molecule has 2 fully saturated rings. The van der Waals surface area contributed by atoms with Crippen molar-refractivity contribution in [2.24, 2.45) is 0 Å². The van der Waals surface area contributed by atoms with Gasteiger partial charge in [0, 0.05) is 61.7 Å². The summed E-state index contributed by atoms with van der Waals surface area (Å²) in [5.41, 5.74) is 2.07. The molecule has 2 heterocycles. The highest BCUT2D eigenvalue weighted by Crippen LogP contribution is 2.30. The second-order valence-electron chi connectivity index (χ2n) is 7.76. The van der Waals surface area contributed by atoms with Crippen molar-refractivity contribution < 1.29 is 14.5 Å². The van der Waals surface area contributed by atoms with E-state index in [0.717, 1.165) is 25.1 Å². The first-order valence-corrected chi connectivity index (χ1v) is 10.8. The number of anilines is 2. The van der Waals surface area contributed by atoms with Gasteiger partial charge in [-0.3, -0.25) is 14.9 Å². The summed E-state index contributed by atoms with van der Waals surface area (Å²) in [7, 11) is 0. The molecular formula is C22H25ClN4O4. The van der Waals surface area contributed by atoms with E-state index in [4.69, 9.17) is 16.3 Å². The van der Waals surface area contributed by atoms with E-state index in [9.17, 15) is 14.9 Å². The Labute approximate surface area is 185 Å². The van der Waals surface area contributed by atoms with Gasteiger partial charge in [-0.15, -0.1) is 0 Å². The number of rotatable bonds is 6. The molecule has 1 atom stereocenters. The van der Waals surface area contributed by atoms with E-state index in [1.807, 2.05) is 11.0 Å². The molecule has 4 rings (SSSR count). The van der Waals surface area contributed by atoms with Crippen LogP contribution in [-0.2, 0) is 4.74 Å². The van der Waals surface area contributed by atoms with Gasteiger partial charge in [0.05, 0.1) is 11.0 Å². The monoisotopic (exact) mass is 444 g/mol. The number of nitro benzene ring substituents is 1. The Morgan fingerprint density at radius 2 is 1.90 bits per heavy atom. The number of carbonyl (C=O) groups is 1. The van der Waals surface area contributed by atoms with Gasteiger partial charge >= 0.3 is 0 Å². The van der Waals surface area contributed by atoms with E-state index < -0.39 is 0 Å². The number of piperazine rings is 1. The van der Waals surface area contributed by atoms with Gasteiger partial charge in [-0.25, -0.2) is 0 Å². The minimum atomic E-state index is -0.371. The molecule has 1 unspecified atom stereocenters. The molecule has 0 radical (unpaired) electrons. The highest BCUT2D eigenvalue weighted by Gasteiger charge is 2.24. The largest absolute Gasteiger partial charge is 0.377 e. The number of halogens is 1. The first-order chi connectivity index (χ1) is 15.0. The second kappa shape index (κ2) is 9.53. The third kappa shape index (κ3) is 5.08. The van der Waals surface area contributed by atoms with Crippen LogP contribution in [0.1, 0.15) is 23.2 Å². The van der Waals surface area contributed by atoms with Gasteiger partial charge in [-0.2, -0.15) is 0 Å². The lowest BCUT2D eigenvalue weighted by molar-refractivity contribution is -0.383. The number of carbonyl (C=O) groups excluding carboxylic acids is 1. The van der Waals surface area contributed by atoms with Crippen molar-refractivity contribution in [3.05, 3.63) is 63.2 Å². The van der Waals surface area contributed by atoms with Crippen molar-refractivity contribution in [2.75, 3.05) is 49.5 Å². The fourth-order valence-corrected chi connectivity index (χ4v) is 4.12. The molecule has 164 valence electrons. The van der Waals surface area contributed by atoms with E-state index in [-0.39, 0.29) is 22.6 Å². The van der Waals surface area contributed by atoms with Crippen molar-refractivity contribution in [1.29, 1.82) is 0 Å². The first-order valence-electron chi connectivity index (χ1n) is 10.4. The molecule has 1 N–H and O–H groups in total. The van der Waals surface area contributed by atoms with Gasteiger partial charge in [0.2, 0.25) is 0 Å². The number of nitrogens with one attached hydrogen (secondary N) is 1. The summed E-state index contributed by atoms with van der Waals surface area (Å²) >= 11 is 5.91. The van der Waals surface area contributed by atoms with Gasteiger partial charge in [-0.05, 0) is 49.2 Å². The van der Waals surface area contributed by atoms with Crippen LogP contribution in [0.3, 0.4) is 0 Å². The molecule has 2 aromatic rings. The summed E-state index contributed by atoms with van der Waals surface area (Å²) < 4.78 is 5.61. The lowest BCUT2D eigenvalue weighted by Gasteiger charge is -2.36. The molecule has 2 aliphatic heterocycles. The van der Waals surface area contributed by atoms with Crippen LogP contribution >= 0.6 is 11.6 Å². The van der Waals surface area contributed by atoms with Crippen molar-refractivity contribution in [2.45, 2.75) is 18.9 Å². The Balaban J connectivity index is 1.41. The maximum Gasteiger partial charge on any atom is 0.292 e.